The number of oxime groups is 1. The highest BCUT2D eigenvalue weighted by molar-refractivity contribution is 5.93. The van der Waals surface area contributed by atoms with Crippen molar-refractivity contribution < 1.29 is 52.5 Å². The van der Waals surface area contributed by atoms with Crippen molar-refractivity contribution in [2.45, 2.75) is 37.4 Å². The number of carbonyl (C=O) groups is 5. The van der Waals surface area contributed by atoms with Gasteiger partial charge in [0.05, 0.1) is 22.3 Å². The first-order chi connectivity index (χ1) is 24.2. The van der Waals surface area contributed by atoms with Gasteiger partial charge in [-0.25, -0.2) is 24.0 Å². The molecule has 0 bridgehead atoms. The van der Waals surface area contributed by atoms with Gasteiger partial charge in [0.2, 0.25) is 0 Å². The third-order valence-electron chi connectivity index (χ3n) is 7.35. The molecule has 0 amide bonds. The first-order valence-electron chi connectivity index (χ1n) is 15.4. The Morgan fingerprint density at radius 3 is 1.38 bits per heavy atom. The summed E-state index contributed by atoms with van der Waals surface area (Å²) in [4.78, 5) is 70.0. The maximum Gasteiger partial charge on any atom is 0.338 e. The van der Waals surface area contributed by atoms with Crippen molar-refractivity contribution in [2.75, 3.05) is 6.61 Å². The molecule has 2 N–H and O–H groups in total. The van der Waals surface area contributed by atoms with E-state index in [-0.39, 0.29) is 22.3 Å². The minimum Gasteiger partial charge on any atom is -0.459 e. The van der Waals surface area contributed by atoms with Crippen molar-refractivity contribution in [3.63, 3.8) is 0 Å². The van der Waals surface area contributed by atoms with Crippen molar-refractivity contribution in [1.29, 1.82) is 0 Å². The fourth-order valence-corrected chi connectivity index (χ4v) is 4.97. The molecule has 0 spiro atoms. The molecule has 13 nitrogen and oxygen atoms in total. The number of hydrogen-bond acceptors (Lipinski definition) is 12. The van der Waals surface area contributed by atoms with E-state index in [1.807, 2.05) is 0 Å². The van der Waals surface area contributed by atoms with Crippen molar-refractivity contribution >= 4 is 35.7 Å². The van der Waals surface area contributed by atoms with Crippen molar-refractivity contribution in [3.8, 4) is 0 Å². The summed E-state index contributed by atoms with van der Waals surface area (Å²) in [5, 5.41) is 3.63. The Morgan fingerprint density at radius 2 is 0.960 bits per heavy atom. The molecule has 1 aliphatic heterocycles. The average molecular weight is 681 g/mol. The Balaban J connectivity index is 1.59. The maximum absolute atomic E-state index is 13.6. The highest BCUT2D eigenvalue weighted by atomic mass is 16.7. The Hall–Kier alpha value is -6.34. The fourth-order valence-electron chi connectivity index (χ4n) is 4.97. The smallest absolute Gasteiger partial charge is 0.338 e. The molecule has 1 saturated heterocycles. The molecule has 4 aromatic carbocycles. The van der Waals surface area contributed by atoms with Crippen LogP contribution in [0.2, 0.25) is 0 Å². The second-order valence-corrected chi connectivity index (χ2v) is 10.9. The van der Waals surface area contributed by atoms with E-state index in [9.17, 15) is 24.0 Å². The molecule has 0 radical (unpaired) electrons. The van der Waals surface area contributed by atoms with Gasteiger partial charge in [-0.15, -0.1) is 0 Å². The van der Waals surface area contributed by atoms with Gasteiger partial charge in [-0.1, -0.05) is 78.0 Å². The SMILES string of the molecule is CC(=O)O/N=C(\N)[C@@H]1O[C@H](COC(=O)c2ccccc2)[C@@H](OC(=O)c2ccccc2)[C@H](OC(=O)c2ccccc2)[C@H]1OC(=O)c1ccccc1. The summed E-state index contributed by atoms with van der Waals surface area (Å²) < 4.78 is 29.6. The fraction of sp³-hybridized carbons (Fsp3) is 0.189. The average Bonchev–Trinajstić information content (AvgIpc) is 3.15. The van der Waals surface area contributed by atoms with Gasteiger partial charge < -0.3 is 34.3 Å². The predicted molar refractivity (Wildman–Crippen MR) is 176 cm³/mol. The summed E-state index contributed by atoms with van der Waals surface area (Å²) in [7, 11) is 0. The van der Waals surface area contributed by atoms with E-state index in [1.54, 1.807) is 72.8 Å². The summed E-state index contributed by atoms with van der Waals surface area (Å²) >= 11 is 0. The summed E-state index contributed by atoms with van der Waals surface area (Å²) in [6.07, 6.45) is -7.84. The Labute approximate surface area is 286 Å². The Kier molecular flexibility index (Phi) is 11.7. The topological polar surface area (TPSA) is 179 Å². The highest BCUT2D eigenvalue weighted by Crippen LogP contribution is 2.31. The van der Waals surface area contributed by atoms with Crippen LogP contribution in [-0.2, 0) is 33.3 Å². The third kappa shape index (κ3) is 8.96. The van der Waals surface area contributed by atoms with E-state index in [0.717, 1.165) is 6.92 Å². The molecule has 1 fully saturated rings. The van der Waals surface area contributed by atoms with Crippen LogP contribution in [-0.4, -0.2) is 72.8 Å². The summed E-state index contributed by atoms with van der Waals surface area (Å²) in [6.45, 7) is 0.525. The van der Waals surface area contributed by atoms with Crippen molar-refractivity contribution in [1.82, 2.24) is 0 Å². The molecule has 13 heteroatoms. The lowest BCUT2D eigenvalue weighted by atomic mass is 9.93. The quantitative estimate of drug-likeness (QED) is 0.0599. The van der Waals surface area contributed by atoms with Gasteiger partial charge >= 0.3 is 29.8 Å². The third-order valence-corrected chi connectivity index (χ3v) is 7.35. The van der Waals surface area contributed by atoms with Gasteiger partial charge in [-0.3, -0.25) is 0 Å². The van der Waals surface area contributed by atoms with E-state index in [4.69, 9.17) is 34.3 Å². The van der Waals surface area contributed by atoms with Gasteiger partial charge in [0.1, 0.15) is 12.7 Å². The largest absolute Gasteiger partial charge is 0.459 e. The second kappa shape index (κ2) is 16.7. The lowest BCUT2D eigenvalue weighted by Gasteiger charge is -2.44. The van der Waals surface area contributed by atoms with Crippen LogP contribution < -0.4 is 5.73 Å². The first kappa shape index (κ1) is 35.0. The molecule has 0 unspecified atom stereocenters. The summed E-state index contributed by atoms with van der Waals surface area (Å²) in [5.74, 6) is -4.68. The molecule has 0 aliphatic carbocycles. The monoisotopic (exact) mass is 680 g/mol. The molecule has 4 aromatic rings. The molecule has 50 heavy (non-hydrogen) atoms. The van der Waals surface area contributed by atoms with E-state index in [2.05, 4.69) is 5.16 Å². The number of nitrogens with two attached hydrogens (primary N) is 1. The molecule has 5 atom stereocenters. The molecule has 0 aromatic heterocycles. The van der Waals surface area contributed by atoms with Crippen LogP contribution in [0.4, 0.5) is 0 Å². The van der Waals surface area contributed by atoms with Crippen molar-refractivity contribution in [3.05, 3.63) is 144 Å². The van der Waals surface area contributed by atoms with E-state index in [1.165, 1.54) is 48.5 Å². The number of ether oxygens (including phenoxy) is 5. The molecule has 5 rings (SSSR count). The Morgan fingerprint density at radius 1 is 0.580 bits per heavy atom. The van der Waals surface area contributed by atoms with Crippen LogP contribution in [0.3, 0.4) is 0 Å². The maximum atomic E-state index is 13.6. The standard InChI is InChI=1S/C37H32N2O11/c1-23(40)50-39-33(38)32-31(49-37(44)27-20-12-5-13-21-27)30(48-36(43)26-18-10-4-11-19-26)29(47-35(42)25-16-8-3-9-17-25)28(46-32)22-45-34(41)24-14-6-2-7-15-24/h2-21,28-32H,22H2,1H3,(H2,38,39)/t28-,29-,30+,31-,32-/m1/s1. The number of benzene rings is 4. The van der Waals surface area contributed by atoms with Gasteiger partial charge in [0, 0.05) is 6.92 Å². The molecular formula is C37H32N2O11. The summed E-state index contributed by atoms with van der Waals surface area (Å²) in [6, 6.07) is 31.8. The first-order valence-corrected chi connectivity index (χ1v) is 15.4. The number of rotatable bonds is 11. The summed E-state index contributed by atoms with van der Waals surface area (Å²) in [5.41, 5.74) is 6.84. The molecule has 0 saturated carbocycles. The van der Waals surface area contributed by atoms with Crippen LogP contribution in [0.5, 0.6) is 0 Å². The molecule has 1 aliphatic rings. The van der Waals surface area contributed by atoms with Crippen LogP contribution in [0.15, 0.2) is 126 Å². The lowest BCUT2D eigenvalue weighted by Crippen LogP contribution is -2.65. The Bertz CT molecular complexity index is 1820. The minimum atomic E-state index is -1.65. The van der Waals surface area contributed by atoms with Crippen LogP contribution in [0.1, 0.15) is 48.4 Å². The molecular weight excluding hydrogens is 648 g/mol. The normalized spacial score (nSPS) is 20.1. The number of esters is 4. The van der Waals surface area contributed by atoms with Crippen LogP contribution in [0.25, 0.3) is 0 Å². The number of amidine groups is 1. The zero-order valence-electron chi connectivity index (χ0n) is 26.7. The predicted octanol–water partition coefficient (Wildman–Crippen LogP) is 4.12. The number of carbonyl (C=O) groups excluding carboxylic acids is 5. The van der Waals surface area contributed by atoms with E-state index >= 15 is 0 Å². The molecule has 1 heterocycles. The van der Waals surface area contributed by atoms with E-state index < -0.39 is 72.8 Å². The van der Waals surface area contributed by atoms with E-state index in [0.29, 0.717) is 0 Å². The number of nitrogens with zero attached hydrogens (tertiary/aromatic N) is 1. The van der Waals surface area contributed by atoms with Gasteiger partial charge in [-0.05, 0) is 48.5 Å². The zero-order chi connectivity index (χ0) is 35.5. The van der Waals surface area contributed by atoms with Gasteiger partial charge in [-0.2, -0.15) is 0 Å². The van der Waals surface area contributed by atoms with Crippen LogP contribution in [0, 0.1) is 0 Å². The van der Waals surface area contributed by atoms with Gasteiger partial charge in [0.15, 0.2) is 30.3 Å². The molecule has 256 valence electrons. The lowest BCUT2D eigenvalue weighted by molar-refractivity contribution is -0.213. The van der Waals surface area contributed by atoms with Gasteiger partial charge in [0.25, 0.3) is 0 Å². The minimum absolute atomic E-state index is 0.116. The van der Waals surface area contributed by atoms with Crippen LogP contribution >= 0.6 is 0 Å². The highest BCUT2D eigenvalue weighted by Gasteiger charge is 2.54. The van der Waals surface area contributed by atoms with Crippen molar-refractivity contribution in [2.24, 2.45) is 10.9 Å². The number of hydrogen-bond donors (Lipinski definition) is 1. The zero-order valence-corrected chi connectivity index (χ0v) is 26.7. The second-order valence-electron chi connectivity index (χ2n) is 10.9.